The summed E-state index contributed by atoms with van der Waals surface area (Å²) in [5, 5.41) is 2.72. The van der Waals surface area contributed by atoms with Gasteiger partial charge in [0.1, 0.15) is 0 Å². The number of nitrogens with zero attached hydrogens (tertiary/aromatic N) is 2. The molecule has 7 aromatic carbocycles. The normalized spacial score (nSPS) is 18.6. The molecule has 2 nitrogen and oxygen atoms in total. The molecule has 0 N–H and O–H groups in total. The predicted molar refractivity (Wildman–Crippen MR) is 238 cm³/mol. The second-order valence-corrected chi connectivity index (χ2v) is 15.9. The van der Waals surface area contributed by atoms with E-state index in [2.05, 4.69) is 210 Å². The van der Waals surface area contributed by atoms with Gasteiger partial charge in [0, 0.05) is 51.2 Å². The zero-order chi connectivity index (χ0) is 37.5. The summed E-state index contributed by atoms with van der Waals surface area (Å²) in [5.74, 6) is 0.885. The van der Waals surface area contributed by atoms with Crippen molar-refractivity contribution in [2.75, 3.05) is 4.90 Å². The topological polar surface area (TPSA) is 8.17 Å². The smallest absolute Gasteiger partial charge is 0.0577 e. The zero-order valence-corrected chi connectivity index (χ0v) is 31.6. The van der Waals surface area contributed by atoms with Gasteiger partial charge in [-0.1, -0.05) is 158 Å². The molecule has 57 heavy (non-hydrogen) atoms. The number of anilines is 2. The molecule has 12 rings (SSSR count). The van der Waals surface area contributed by atoms with Gasteiger partial charge in [-0.3, -0.25) is 0 Å². The van der Waals surface area contributed by atoms with Crippen molar-refractivity contribution < 1.29 is 0 Å². The van der Waals surface area contributed by atoms with Crippen LogP contribution in [0.4, 0.5) is 11.4 Å². The fourth-order valence-corrected chi connectivity index (χ4v) is 10.3. The predicted octanol–water partition coefficient (Wildman–Crippen LogP) is 14.3. The van der Waals surface area contributed by atoms with Crippen molar-refractivity contribution in [3.8, 4) is 22.3 Å². The molecule has 4 aliphatic rings. The maximum atomic E-state index is 2.53. The summed E-state index contributed by atoms with van der Waals surface area (Å²) in [5.41, 5.74) is 19.7. The highest BCUT2D eigenvalue weighted by atomic mass is 15.2. The lowest BCUT2D eigenvalue weighted by Gasteiger charge is -2.31. The Hall–Kier alpha value is -6.90. The second kappa shape index (κ2) is 12.8. The van der Waals surface area contributed by atoms with E-state index in [-0.39, 0.29) is 11.8 Å². The molecule has 0 saturated heterocycles. The third-order valence-electron chi connectivity index (χ3n) is 12.9. The maximum Gasteiger partial charge on any atom is 0.0577 e. The number of benzene rings is 7. The molecule has 2 heterocycles. The minimum Gasteiger partial charge on any atom is -0.312 e. The summed E-state index contributed by atoms with van der Waals surface area (Å²) in [6.45, 7) is 0. The van der Waals surface area contributed by atoms with Crippen molar-refractivity contribution in [3.05, 3.63) is 234 Å². The van der Waals surface area contributed by atoms with Gasteiger partial charge in [0.05, 0.1) is 16.7 Å². The highest BCUT2D eigenvalue weighted by Crippen LogP contribution is 2.54. The van der Waals surface area contributed by atoms with Gasteiger partial charge in [-0.15, -0.1) is 0 Å². The highest BCUT2D eigenvalue weighted by molar-refractivity contribution is 6.14. The van der Waals surface area contributed by atoms with Crippen molar-refractivity contribution in [1.82, 2.24) is 4.57 Å². The van der Waals surface area contributed by atoms with Gasteiger partial charge < -0.3 is 9.47 Å². The standard InChI is InChI=1S/C55H40N2/c1-3-14-36(15-4-1)37-26-30-41(31-27-37)56(52-25-13-22-47-53(39-16-5-2-6-17-39)45-20-7-8-21-46(45)54(47)52)42-32-28-38(29-33-42)40-34-48-43-18-9-11-23-50(43)57-51-24-12-10-19-44(51)49(35-40)55(48)57/h1-18,20-28,30-35,38,44,53H,19,29H2. The second-order valence-electron chi connectivity index (χ2n) is 15.9. The van der Waals surface area contributed by atoms with Crippen LogP contribution in [0.5, 0.6) is 0 Å². The van der Waals surface area contributed by atoms with Crippen LogP contribution in [0.2, 0.25) is 0 Å². The summed E-state index contributed by atoms with van der Waals surface area (Å²) in [4.78, 5) is 2.51. The summed E-state index contributed by atoms with van der Waals surface area (Å²) < 4.78 is 2.53. The number of rotatable bonds is 6. The number of fused-ring (bicyclic) bond motifs is 9. The lowest BCUT2D eigenvalue weighted by molar-refractivity contribution is 0.830. The highest BCUT2D eigenvalue weighted by Gasteiger charge is 2.35. The molecule has 3 aliphatic carbocycles. The van der Waals surface area contributed by atoms with Gasteiger partial charge in [-0.25, -0.2) is 0 Å². The largest absolute Gasteiger partial charge is 0.312 e. The van der Waals surface area contributed by atoms with Crippen molar-refractivity contribution in [2.24, 2.45) is 0 Å². The number of hydrogen-bond acceptors (Lipinski definition) is 1. The Bertz CT molecular complexity index is 3010. The number of allylic oxidation sites excluding steroid dienone is 7. The monoisotopic (exact) mass is 728 g/mol. The Morgan fingerprint density at radius 2 is 1.33 bits per heavy atom. The van der Waals surface area contributed by atoms with E-state index in [9.17, 15) is 0 Å². The van der Waals surface area contributed by atoms with Crippen LogP contribution in [0.3, 0.4) is 0 Å². The number of aromatic nitrogens is 1. The van der Waals surface area contributed by atoms with E-state index in [1.54, 1.807) is 0 Å². The molecule has 3 atom stereocenters. The third-order valence-corrected chi connectivity index (χ3v) is 12.9. The van der Waals surface area contributed by atoms with Crippen LogP contribution in [0.25, 0.3) is 49.8 Å². The SMILES string of the molecule is C1=CCC2C(=C1)n1c3ccccc3c3cc(C4C=CC(N(c5ccc(-c6ccccc6)cc5)c5cccc6c5-c5ccccc5C6c5ccccc5)=CC4)cc2c31. The van der Waals surface area contributed by atoms with E-state index in [0.29, 0.717) is 5.92 Å². The third kappa shape index (κ3) is 4.97. The Kier molecular flexibility index (Phi) is 7.28. The molecule has 0 spiro atoms. The molecule has 0 bridgehead atoms. The lowest BCUT2D eigenvalue weighted by Crippen LogP contribution is -2.18. The van der Waals surface area contributed by atoms with Crippen LogP contribution in [-0.2, 0) is 0 Å². The Labute approximate surface area is 333 Å². The first-order valence-electron chi connectivity index (χ1n) is 20.4. The summed E-state index contributed by atoms with van der Waals surface area (Å²) in [6, 6.07) is 60.7. The molecule has 0 radical (unpaired) electrons. The van der Waals surface area contributed by atoms with Crippen molar-refractivity contribution in [2.45, 2.75) is 30.6 Å². The minimum absolute atomic E-state index is 0.188. The van der Waals surface area contributed by atoms with E-state index in [1.807, 2.05) is 0 Å². The Morgan fingerprint density at radius 1 is 0.579 bits per heavy atom. The van der Waals surface area contributed by atoms with E-state index in [0.717, 1.165) is 18.5 Å². The van der Waals surface area contributed by atoms with Crippen molar-refractivity contribution in [1.29, 1.82) is 0 Å². The zero-order valence-electron chi connectivity index (χ0n) is 31.6. The molecule has 1 aromatic heterocycles. The molecule has 3 unspecified atom stereocenters. The van der Waals surface area contributed by atoms with Crippen LogP contribution < -0.4 is 4.90 Å². The van der Waals surface area contributed by atoms with E-state index in [1.165, 1.54) is 89.0 Å². The number of para-hydroxylation sites is 1. The van der Waals surface area contributed by atoms with Crippen LogP contribution in [-0.4, -0.2) is 4.57 Å². The van der Waals surface area contributed by atoms with Gasteiger partial charge in [-0.2, -0.15) is 0 Å². The van der Waals surface area contributed by atoms with Gasteiger partial charge in [0.15, 0.2) is 0 Å². The molecular formula is C55H40N2. The first-order chi connectivity index (χ1) is 28.3. The average Bonchev–Trinajstić information content (AvgIpc) is 3.93. The molecule has 0 saturated carbocycles. The fourth-order valence-electron chi connectivity index (χ4n) is 10.3. The average molecular weight is 729 g/mol. The molecule has 8 aromatic rings. The van der Waals surface area contributed by atoms with E-state index < -0.39 is 0 Å². The first-order valence-corrected chi connectivity index (χ1v) is 20.4. The Morgan fingerprint density at radius 3 is 2.18 bits per heavy atom. The van der Waals surface area contributed by atoms with Crippen molar-refractivity contribution in [3.63, 3.8) is 0 Å². The van der Waals surface area contributed by atoms with Gasteiger partial charge in [0.25, 0.3) is 0 Å². The minimum atomic E-state index is 0.188. The summed E-state index contributed by atoms with van der Waals surface area (Å²) >= 11 is 0. The first kappa shape index (κ1) is 32.4. The molecule has 1 aliphatic heterocycles. The summed E-state index contributed by atoms with van der Waals surface area (Å²) in [6.07, 6.45) is 16.2. The van der Waals surface area contributed by atoms with Gasteiger partial charge in [0.2, 0.25) is 0 Å². The molecular weight excluding hydrogens is 689 g/mol. The van der Waals surface area contributed by atoms with Crippen LogP contribution in [0.15, 0.2) is 206 Å². The quantitative estimate of drug-likeness (QED) is 0.165. The summed E-state index contributed by atoms with van der Waals surface area (Å²) in [7, 11) is 0. The fraction of sp³-hybridized carbons (Fsp3) is 0.0909. The molecule has 0 fully saturated rings. The van der Waals surface area contributed by atoms with E-state index >= 15 is 0 Å². The maximum absolute atomic E-state index is 2.53. The van der Waals surface area contributed by atoms with Gasteiger partial charge in [-0.05, 0) is 99.8 Å². The van der Waals surface area contributed by atoms with Crippen LogP contribution in [0, 0.1) is 0 Å². The molecule has 270 valence electrons. The van der Waals surface area contributed by atoms with E-state index in [4.69, 9.17) is 0 Å². The molecule has 0 amide bonds. The lowest BCUT2D eigenvalue weighted by atomic mass is 9.85. The Balaban J connectivity index is 0.978. The number of hydrogen-bond donors (Lipinski definition) is 0. The molecule has 2 heteroatoms. The van der Waals surface area contributed by atoms with Gasteiger partial charge >= 0.3 is 0 Å². The van der Waals surface area contributed by atoms with Crippen molar-refractivity contribution >= 4 is 38.9 Å². The van der Waals surface area contributed by atoms with Crippen LogP contribution in [0.1, 0.15) is 58.4 Å². The van der Waals surface area contributed by atoms with Crippen LogP contribution >= 0.6 is 0 Å².